The molecule has 0 radical (unpaired) electrons. The molecule has 4 aromatic rings. The molecule has 160 valence electrons. The predicted molar refractivity (Wildman–Crippen MR) is 124 cm³/mol. The number of carbonyl (C=O) groups is 2. The van der Waals surface area contributed by atoms with Crippen LogP contribution in [-0.4, -0.2) is 26.3 Å². The number of fused-ring (bicyclic) bond motifs is 3. The molecule has 0 saturated carbocycles. The van der Waals surface area contributed by atoms with E-state index in [0.29, 0.717) is 23.2 Å². The summed E-state index contributed by atoms with van der Waals surface area (Å²) in [4.78, 5) is 36.7. The van der Waals surface area contributed by atoms with Crippen LogP contribution < -0.4 is 10.2 Å². The molecule has 1 aliphatic heterocycles. The lowest BCUT2D eigenvalue weighted by atomic mass is 10.1. The Kier molecular flexibility index (Phi) is 5.11. The van der Waals surface area contributed by atoms with E-state index < -0.39 is 6.04 Å². The Bertz CT molecular complexity index is 1330. The van der Waals surface area contributed by atoms with Gasteiger partial charge in [-0.1, -0.05) is 35.9 Å². The third-order valence-electron chi connectivity index (χ3n) is 5.52. The van der Waals surface area contributed by atoms with Gasteiger partial charge in [0.25, 0.3) is 5.91 Å². The van der Waals surface area contributed by atoms with Gasteiger partial charge < -0.3 is 5.32 Å². The van der Waals surface area contributed by atoms with Gasteiger partial charge in [-0.3, -0.25) is 24.0 Å². The van der Waals surface area contributed by atoms with Crippen LogP contribution in [0.5, 0.6) is 0 Å². The van der Waals surface area contributed by atoms with Gasteiger partial charge >= 0.3 is 0 Å². The van der Waals surface area contributed by atoms with Crippen LogP contribution in [0.15, 0.2) is 67.0 Å². The van der Waals surface area contributed by atoms with Crippen molar-refractivity contribution in [1.29, 1.82) is 0 Å². The Hall–Kier alpha value is -3.71. The van der Waals surface area contributed by atoms with E-state index >= 15 is 0 Å². The van der Waals surface area contributed by atoms with E-state index in [1.807, 2.05) is 54.0 Å². The van der Waals surface area contributed by atoms with Crippen molar-refractivity contribution in [3.63, 3.8) is 0 Å². The Balaban J connectivity index is 1.47. The molecule has 0 fully saturated rings. The molecular formula is C24H20ClN5O2. The first-order chi connectivity index (χ1) is 15.5. The summed E-state index contributed by atoms with van der Waals surface area (Å²) < 4.78 is 1.85. The smallest absolute Gasteiger partial charge is 0.253 e. The van der Waals surface area contributed by atoms with Crippen LogP contribution in [0.1, 0.15) is 23.6 Å². The molecule has 32 heavy (non-hydrogen) atoms. The van der Waals surface area contributed by atoms with Gasteiger partial charge in [0.15, 0.2) is 0 Å². The van der Waals surface area contributed by atoms with Crippen molar-refractivity contribution < 1.29 is 9.59 Å². The molecule has 3 heterocycles. The number of amides is 2. The molecule has 2 aromatic carbocycles. The first-order valence-electron chi connectivity index (χ1n) is 10.2. The summed E-state index contributed by atoms with van der Waals surface area (Å²) in [6.07, 6.45) is 3.38. The average Bonchev–Trinajstić information content (AvgIpc) is 3.27. The number of hydrogen-bond acceptors (Lipinski definition) is 4. The molecule has 5 rings (SSSR count). The van der Waals surface area contributed by atoms with Crippen molar-refractivity contribution >= 4 is 46.1 Å². The minimum Gasteiger partial charge on any atom is -0.325 e. The molecule has 0 spiro atoms. The zero-order valence-electron chi connectivity index (χ0n) is 17.3. The maximum atomic E-state index is 13.4. The molecule has 0 aliphatic carbocycles. The van der Waals surface area contributed by atoms with Gasteiger partial charge in [-0.2, -0.15) is 0 Å². The van der Waals surface area contributed by atoms with Gasteiger partial charge in [-0.05, 0) is 48.4 Å². The lowest BCUT2D eigenvalue weighted by molar-refractivity contribution is -0.124. The average molecular weight is 446 g/mol. The number of rotatable bonds is 5. The fraction of sp³-hybridized carbons (Fsp3) is 0.167. The van der Waals surface area contributed by atoms with Crippen molar-refractivity contribution in [2.24, 2.45) is 0 Å². The summed E-state index contributed by atoms with van der Waals surface area (Å²) in [5.41, 5.74) is 4.00. The number of halogens is 1. The largest absolute Gasteiger partial charge is 0.325 e. The number of imidazole rings is 1. The van der Waals surface area contributed by atoms with Crippen LogP contribution in [-0.2, 0) is 16.1 Å². The Morgan fingerprint density at radius 1 is 1.16 bits per heavy atom. The number of nitrogens with zero attached hydrogens (tertiary/aromatic N) is 4. The van der Waals surface area contributed by atoms with Gasteiger partial charge in [0.05, 0.1) is 34.7 Å². The second-order valence-corrected chi connectivity index (χ2v) is 8.21. The van der Waals surface area contributed by atoms with E-state index in [0.717, 1.165) is 22.2 Å². The number of hydrogen-bond donors (Lipinski definition) is 1. The summed E-state index contributed by atoms with van der Waals surface area (Å²) >= 11 is 6.26. The second-order valence-electron chi connectivity index (χ2n) is 7.81. The van der Waals surface area contributed by atoms with E-state index in [-0.39, 0.29) is 18.2 Å². The first-order valence-corrected chi connectivity index (χ1v) is 10.6. The van der Waals surface area contributed by atoms with Crippen LogP contribution in [0, 0.1) is 6.92 Å². The molecule has 0 saturated heterocycles. The third kappa shape index (κ3) is 3.61. The van der Waals surface area contributed by atoms with Crippen LogP contribution in [0.4, 0.5) is 11.6 Å². The number of nitrogens with one attached hydrogen (secondary N) is 1. The van der Waals surface area contributed by atoms with Crippen molar-refractivity contribution in [3.05, 3.63) is 83.1 Å². The van der Waals surface area contributed by atoms with Gasteiger partial charge in [-0.15, -0.1) is 0 Å². The van der Waals surface area contributed by atoms with E-state index in [4.69, 9.17) is 11.6 Å². The van der Waals surface area contributed by atoms with Crippen molar-refractivity contribution in [1.82, 2.24) is 14.5 Å². The number of aryl methyl sites for hydroxylation is 1. The molecule has 1 aliphatic rings. The maximum Gasteiger partial charge on any atom is 0.253 e. The number of benzene rings is 2. The van der Waals surface area contributed by atoms with Crippen LogP contribution in [0.3, 0.4) is 0 Å². The highest BCUT2D eigenvalue weighted by Gasteiger charge is 2.40. The molecule has 0 bridgehead atoms. The van der Waals surface area contributed by atoms with E-state index in [1.54, 1.807) is 29.4 Å². The van der Waals surface area contributed by atoms with Gasteiger partial charge in [-0.25, -0.2) is 4.98 Å². The molecule has 1 N–H and O–H groups in total. The monoisotopic (exact) mass is 445 g/mol. The summed E-state index contributed by atoms with van der Waals surface area (Å²) in [6.45, 7) is 2.26. The number of anilines is 2. The molecule has 2 amide bonds. The zero-order chi connectivity index (χ0) is 22.2. The standard InChI is InChI=1S/C24H20ClN5O2/c1-15-8-9-18(17(25)11-15)27-22(31)12-21-23(32)29(14-16-5-4-10-26-13-16)24-28-19-6-2-3-7-20(19)30(21)24/h2-11,13,21H,12,14H2,1H3,(H,27,31). The number of pyridine rings is 1. The summed E-state index contributed by atoms with van der Waals surface area (Å²) in [6, 6.07) is 16.1. The molecular weight excluding hydrogens is 426 g/mol. The molecule has 8 heteroatoms. The van der Waals surface area contributed by atoms with Crippen molar-refractivity contribution in [3.8, 4) is 0 Å². The highest BCUT2D eigenvalue weighted by Crippen LogP contribution is 2.37. The Morgan fingerprint density at radius 3 is 2.78 bits per heavy atom. The highest BCUT2D eigenvalue weighted by molar-refractivity contribution is 6.33. The number of aromatic nitrogens is 3. The molecule has 7 nitrogen and oxygen atoms in total. The van der Waals surface area contributed by atoms with E-state index in [9.17, 15) is 9.59 Å². The molecule has 1 atom stereocenters. The second kappa shape index (κ2) is 8.09. The quantitative estimate of drug-likeness (QED) is 0.490. The van der Waals surface area contributed by atoms with Crippen LogP contribution >= 0.6 is 11.6 Å². The zero-order valence-corrected chi connectivity index (χ0v) is 18.1. The number of para-hydroxylation sites is 2. The SMILES string of the molecule is Cc1ccc(NC(=O)CC2C(=O)N(Cc3cccnc3)c3nc4ccccc4n32)c(Cl)c1. The normalized spacial score (nSPS) is 15.2. The summed E-state index contributed by atoms with van der Waals surface area (Å²) in [5.74, 6) is 0.0690. The maximum absolute atomic E-state index is 13.4. The lowest BCUT2D eigenvalue weighted by Crippen LogP contribution is -2.31. The van der Waals surface area contributed by atoms with Crippen molar-refractivity contribution in [2.75, 3.05) is 10.2 Å². The predicted octanol–water partition coefficient (Wildman–Crippen LogP) is 4.51. The van der Waals surface area contributed by atoms with E-state index in [2.05, 4.69) is 15.3 Å². The lowest BCUT2D eigenvalue weighted by Gasteiger charge is -2.16. The minimum atomic E-state index is -0.696. The number of carbonyl (C=O) groups excluding carboxylic acids is 2. The highest BCUT2D eigenvalue weighted by atomic mass is 35.5. The van der Waals surface area contributed by atoms with Crippen molar-refractivity contribution in [2.45, 2.75) is 25.9 Å². The van der Waals surface area contributed by atoms with Crippen LogP contribution in [0.25, 0.3) is 11.0 Å². The fourth-order valence-corrected chi connectivity index (χ4v) is 4.30. The third-order valence-corrected chi connectivity index (χ3v) is 5.83. The van der Waals surface area contributed by atoms with E-state index in [1.165, 1.54) is 0 Å². The molecule has 2 aromatic heterocycles. The summed E-state index contributed by atoms with van der Waals surface area (Å²) in [5, 5.41) is 3.30. The first kappa shape index (κ1) is 20.2. The van der Waals surface area contributed by atoms with Crippen LogP contribution in [0.2, 0.25) is 5.02 Å². The topological polar surface area (TPSA) is 80.1 Å². The van der Waals surface area contributed by atoms with Gasteiger partial charge in [0.1, 0.15) is 6.04 Å². The Morgan fingerprint density at radius 2 is 2.00 bits per heavy atom. The summed E-state index contributed by atoms with van der Waals surface area (Å²) in [7, 11) is 0. The molecule has 1 unspecified atom stereocenters. The minimum absolute atomic E-state index is 0.0278. The Labute approximate surface area is 189 Å². The van der Waals surface area contributed by atoms with Gasteiger partial charge in [0, 0.05) is 12.4 Å². The fourth-order valence-electron chi connectivity index (χ4n) is 4.02. The van der Waals surface area contributed by atoms with Gasteiger partial charge in [0.2, 0.25) is 11.9 Å².